The molecule has 1 saturated carbocycles. The minimum Gasteiger partial charge on any atom is -0.382 e. The number of hydrogen-bond donors (Lipinski definition) is 4. The van der Waals surface area contributed by atoms with Crippen molar-refractivity contribution < 1.29 is 23.2 Å². The molecule has 5 N–H and O–H groups in total. The highest BCUT2D eigenvalue weighted by molar-refractivity contribution is 6.06. The number of aromatic nitrogens is 1. The van der Waals surface area contributed by atoms with Gasteiger partial charge < -0.3 is 21.7 Å². The van der Waals surface area contributed by atoms with Crippen molar-refractivity contribution in [3.63, 3.8) is 0 Å². The molecule has 1 aliphatic carbocycles. The quantitative estimate of drug-likeness (QED) is 0.317. The predicted molar refractivity (Wildman–Crippen MR) is 162 cm³/mol. The molecule has 0 unspecified atom stereocenters. The molecule has 2 aromatic carbocycles. The minimum absolute atomic E-state index is 0.0767. The molecule has 0 radical (unpaired) electrons. The lowest BCUT2D eigenvalue weighted by molar-refractivity contribution is -0.126. The minimum atomic E-state index is -0.885. The molecule has 10 heteroatoms. The number of nitrogens with zero attached hydrogens (tertiary/aromatic N) is 1. The number of benzene rings is 2. The number of nitrogens with one attached hydrogen (secondary N) is 3. The van der Waals surface area contributed by atoms with Crippen LogP contribution in [0.25, 0.3) is 22.0 Å². The first-order valence-corrected chi connectivity index (χ1v) is 15.3. The van der Waals surface area contributed by atoms with Crippen LogP contribution in [0, 0.1) is 23.0 Å². The molecule has 0 bridgehead atoms. The first kappa shape index (κ1) is 29.3. The van der Waals surface area contributed by atoms with E-state index in [1.165, 1.54) is 18.2 Å². The van der Waals surface area contributed by atoms with Crippen molar-refractivity contribution in [1.82, 2.24) is 15.2 Å². The van der Waals surface area contributed by atoms with E-state index in [1.54, 1.807) is 16.7 Å². The Morgan fingerprint density at radius 1 is 0.977 bits per heavy atom. The summed E-state index contributed by atoms with van der Waals surface area (Å²) in [6, 6.07) is 7.41. The molecule has 2 amide bonds. The molecule has 3 heterocycles. The van der Waals surface area contributed by atoms with Gasteiger partial charge in [0.1, 0.15) is 11.6 Å². The molecule has 6 rings (SSSR count). The van der Waals surface area contributed by atoms with Crippen LogP contribution in [0.3, 0.4) is 0 Å². The zero-order valence-corrected chi connectivity index (χ0v) is 24.7. The fourth-order valence-electron chi connectivity index (χ4n) is 7.21. The van der Waals surface area contributed by atoms with Crippen LogP contribution in [0.1, 0.15) is 79.6 Å². The van der Waals surface area contributed by atoms with Crippen LogP contribution in [-0.4, -0.2) is 47.5 Å². The zero-order valence-electron chi connectivity index (χ0n) is 24.7. The second kappa shape index (κ2) is 11.4. The molecule has 1 saturated heterocycles. The van der Waals surface area contributed by atoms with Crippen molar-refractivity contribution in [2.75, 3.05) is 18.4 Å². The molecule has 2 fully saturated rings. The van der Waals surface area contributed by atoms with Gasteiger partial charge in [0, 0.05) is 41.1 Å². The van der Waals surface area contributed by atoms with Crippen LogP contribution < -0.4 is 21.7 Å². The maximum absolute atomic E-state index is 15.7. The van der Waals surface area contributed by atoms with Gasteiger partial charge in [-0.2, -0.15) is 0 Å². The van der Waals surface area contributed by atoms with Crippen LogP contribution in [0.5, 0.6) is 0 Å². The number of hydrogen-bond acceptors (Lipinski definition) is 5. The van der Waals surface area contributed by atoms with E-state index in [4.69, 9.17) is 5.73 Å². The molecule has 3 aliphatic rings. The highest BCUT2D eigenvalue weighted by Gasteiger charge is 2.36. The Kier molecular flexibility index (Phi) is 7.75. The van der Waals surface area contributed by atoms with E-state index in [2.05, 4.69) is 16.0 Å². The number of anilines is 1. The van der Waals surface area contributed by atoms with E-state index < -0.39 is 17.5 Å². The number of fused-ring (bicyclic) bond motifs is 3. The molecule has 8 nitrogen and oxygen atoms in total. The smallest absolute Gasteiger partial charge is 0.253 e. The lowest BCUT2D eigenvalue weighted by Crippen LogP contribution is -2.45. The number of nitrogens with two attached hydrogens (primary N) is 1. The van der Waals surface area contributed by atoms with E-state index in [9.17, 15) is 18.8 Å². The second-order valence-electron chi connectivity index (χ2n) is 13.2. The average molecular weight is 592 g/mol. The van der Waals surface area contributed by atoms with Gasteiger partial charge in [0.25, 0.3) is 5.91 Å². The van der Waals surface area contributed by atoms with Crippen LogP contribution in [0.2, 0.25) is 0 Å². The van der Waals surface area contributed by atoms with Gasteiger partial charge in [-0.1, -0.05) is 13.8 Å². The Labute approximate surface area is 249 Å². The van der Waals surface area contributed by atoms with E-state index in [1.807, 2.05) is 13.8 Å². The van der Waals surface area contributed by atoms with Gasteiger partial charge in [-0.05, 0) is 99.3 Å². The van der Waals surface area contributed by atoms with Crippen molar-refractivity contribution in [3.05, 3.63) is 53.2 Å². The van der Waals surface area contributed by atoms with Gasteiger partial charge in [0.05, 0.1) is 16.8 Å². The van der Waals surface area contributed by atoms with Crippen LogP contribution in [-0.2, 0) is 11.2 Å². The lowest BCUT2D eigenvalue weighted by Gasteiger charge is -2.32. The number of amides is 2. The van der Waals surface area contributed by atoms with Crippen molar-refractivity contribution in [1.29, 1.82) is 0 Å². The van der Waals surface area contributed by atoms with Crippen molar-refractivity contribution in [3.8, 4) is 11.1 Å². The maximum Gasteiger partial charge on any atom is 0.253 e. The maximum atomic E-state index is 15.7. The largest absolute Gasteiger partial charge is 0.382 e. The summed E-state index contributed by atoms with van der Waals surface area (Å²) in [7, 11) is 0. The molecule has 1 aromatic heterocycles. The Balaban J connectivity index is 1.30. The standard InChI is InChI=1S/C33H39F2N5O3/c1-33(2)16-27-29(23-8-5-20(34)15-26(23)40(27)28(41)17-33)19-13-24(35)30(31(36)42)25(14-19)38-21-6-3-18(4-7-21)32(43)39-22-9-11-37-12-10-22/h5,8,13-15,18,21-22,37-38H,3-4,6-7,9-12,16-17H2,1-2H3,(H2,36,42)(H,39,43). The predicted octanol–water partition coefficient (Wildman–Crippen LogP) is 5.14. The molecule has 2 aliphatic heterocycles. The van der Waals surface area contributed by atoms with Crippen molar-refractivity contribution in [2.24, 2.45) is 17.1 Å². The van der Waals surface area contributed by atoms with Crippen LogP contribution in [0.4, 0.5) is 14.5 Å². The summed E-state index contributed by atoms with van der Waals surface area (Å²) in [6.07, 6.45) is 5.44. The highest BCUT2D eigenvalue weighted by atomic mass is 19.1. The summed E-state index contributed by atoms with van der Waals surface area (Å²) < 4.78 is 31.6. The summed E-state index contributed by atoms with van der Waals surface area (Å²) in [5.41, 5.74) is 7.63. The first-order chi connectivity index (χ1) is 20.5. The van der Waals surface area contributed by atoms with E-state index in [-0.39, 0.29) is 46.5 Å². The summed E-state index contributed by atoms with van der Waals surface area (Å²) in [5.74, 6) is -2.23. The number of primary amides is 1. The number of rotatable bonds is 6. The van der Waals surface area contributed by atoms with E-state index in [0.29, 0.717) is 66.2 Å². The van der Waals surface area contributed by atoms with Crippen molar-refractivity contribution in [2.45, 2.75) is 77.3 Å². The van der Waals surface area contributed by atoms with E-state index in [0.717, 1.165) is 25.9 Å². The Bertz CT molecular complexity index is 1600. The molecule has 228 valence electrons. The fourth-order valence-corrected chi connectivity index (χ4v) is 7.21. The molecule has 43 heavy (non-hydrogen) atoms. The monoisotopic (exact) mass is 591 g/mol. The van der Waals surface area contributed by atoms with Gasteiger partial charge in [-0.25, -0.2) is 8.78 Å². The molecular weight excluding hydrogens is 552 g/mol. The molecule has 0 atom stereocenters. The topological polar surface area (TPSA) is 118 Å². The third kappa shape index (κ3) is 5.77. The van der Waals surface area contributed by atoms with Gasteiger partial charge in [-0.15, -0.1) is 0 Å². The summed E-state index contributed by atoms with van der Waals surface area (Å²) in [5, 5.41) is 10.5. The second-order valence-corrected chi connectivity index (χ2v) is 13.2. The zero-order chi connectivity index (χ0) is 30.5. The summed E-state index contributed by atoms with van der Waals surface area (Å²) in [6.45, 7) is 5.82. The molecule has 3 aromatic rings. The average Bonchev–Trinajstić information content (AvgIpc) is 3.25. The lowest BCUT2D eigenvalue weighted by atomic mass is 9.80. The van der Waals surface area contributed by atoms with Crippen LogP contribution in [0.15, 0.2) is 30.3 Å². The van der Waals surface area contributed by atoms with Crippen molar-refractivity contribution >= 4 is 34.3 Å². The van der Waals surface area contributed by atoms with Gasteiger partial charge in [-0.3, -0.25) is 19.0 Å². The number of halogens is 2. The summed E-state index contributed by atoms with van der Waals surface area (Å²) >= 11 is 0. The highest BCUT2D eigenvalue weighted by Crippen LogP contribution is 2.44. The van der Waals surface area contributed by atoms with Gasteiger partial charge in [0.15, 0.2) is 0 Å². The Hall–Kier alpha value is -3.79. The van der Waals surface area contributed by atoms with Crippen LogP contribution >= 0.6 is 0 Å². The number of piperidine rings is 1. The molecule has 0 spiro atoms. The van der Waals surface area contributed by atoms with Gasteiger partial charge >= 0.3 is 0 Å². The summed E-state index contributed by atoms with van der Waals surface area (Å²) in [4.78, 5) is 38.6. The third-order valence-corrected chi connectivity index (χ3v) is 9.32. The fraction of sp³-hybridized carbons (Fsp3) is 0.485. The number of carbonyl (C=O) groups is 3. The normalized spacial score (nSPS) is 22.3. The first-order valence-electron chi connectivity index (χ1n) is 15.3. The number of carbonyl (C=O) groups excluding carboxylic acids is 3. The molecular formula is C33H39F2N5O3. The Morgan fingerprint density at radius 2 is 1.70 bits per heavy atom. The SMILES string of the molecule is CC1(C)CC(=O)n2c(c(-c3cc(F)c(C(N)=O)c(NC4CCC(C(=O)NC5CCNCC5)CC4)c3)c3ccc(F)cc32)C1. The third-order valence-electron chi connectivity index (χ3n) is 9.32. The van der Waals surface area contributed by atoms with Gasteiger partial charge in [0.2, 0.25) is 11.8 Å². The Morgan fingerprint density at radius 3 is 2.40 bits per heavy atom. The van der Waals surface area contributed by atoms with E-state index >= 15 is 4.39 Å².